The highest BCUT2D eigenvalue weighted by molar-refractivity contribution is 7.14. The summed E-state index contributed by atoms with van der Waals surface area (Å²) >= 11 is 1.49. The van der Waals surface area contributed by atoms with Gasteiger partial charge in [-0.1, -0.05) is 6.07 Å². The first-order chi connectivity index (χ1) is 10.2. The lowest BCUT2D eigenvalue weighted by Gasteiger charge is -2.08. The van der Waals surface area contributed by atoms with Gasteiger partial charge in [-0.05, 0) is 49.4 Å². The molecule has 0 spiro atoms. The minimum Gasteiger partial charge on any atom is -0.453 e. The van der Waals surface area contributed by atoms with Gasteiger partial charge in [0.25, 0.3) is 0 Å². The molecule has 0 fully saturated rings. The number of carbonyl (C=O) groups is 2. The summed E-state index contributed by atoms with van der Waals surface area (Å²) in [6.07, 6.45) is 5.98. The van der Waals surface area contributed by atoms with Gasteiger partial charge < -0.3 is 4.74 Å². The molecule has 0 saturated heterocycles. The van der Waals surface area contributed by atoms with Gasteiger partial charge in [-0.15, -0.1) is 11.3 Å². The van der Waals surface area contributed by atoms with E-state index in [1.54, 1.807) is 24.4 Å². The molecule has 2 aromatic heterocycles. The summed E-state index contributed by atoms with van der Waals surface area (Å²) < 4.78 is 5.10. The van der Waals surface area contributed by atoms with E-state index in [0.29, 0.717) is 10.6 Å². The van der Waals surface area contributed by atoms with Crippen molar-refractivity contribution < 1.29 is 14.3 Å². The van der Waals surface area contributed by atoms with E-state index in [4.69, 9.17) is 4.74 Å². The molecule has 0 aromatic carbocycles. The Kier molecular flexibility index (Phi) is 4.10. The van der Waals surface area contributed by atoms with Crippen molar-refractivity contribution in [1.82, 2.24) is 4.98 Å². The van der Waals surface area contributed by atoms with Crippen molar-refractivity contribution in [3.05, 3.63) is 51.5 Å². The van der Waals surface area contributed by atoms with Crippen molar-refractivity contribution in [2.45, 2.75) is 25.7 Å². The molecule has 3 rings (SSSR count). The van der Waals surface area contributed by atoms with Crippen molar-refractivity contribution in [3.63, 3.8) is 0 Å². The van der Waals surface area contributed by atoms with E-state index in [9.17, 15) is 9.59 Å². The molecule has 0 amide bonds. The largest absolute Gasteiger partial charge is 0.453 e. The van der Waals surface area contributed by atoms with E-state index in [1.165, 1.54) is 34.6 Å². The monoisotopic (exact) mass is 301 g/mol. The zero-order valence-corrected chi connectivity index (χ0v) is 12.3. The average Bonchev–Trinajstić information content (AvgIpc) is 2.97. The number of fused-ring (bicyclic) bond motifs is 1. The Balaban J connectivity index is 1.62. The molecule has 1 aliphatic carbocycles. The maximum Gasteiger partial charge on any atom is 0.348 e. The number of esters is 1. The van der Waals surface area contributed by atoms with Crippen molar-refractivity contribution in [2.75, 3.05) is 6.61 Å². The summed E-state index contributed by atoms with van der Waals surface area (Å²) in [4.78, 5) is 29.7. The van der Waals surface area contributed by atoms with Crippen LogP contribution in [0.3, 0.4) is 0 Å². The van der Waals surface area contributed by atoms with Crippen LogP contribution in [0.25, 0.3) is 0 Å². The lowest BCUT2D eigenvalue weighted by Crippen LogP contribution is -2.14. The fourth-order valence-corrected chi connectivity index (χ4v) is 3.54. The minimum atomic E-state index is -0.418. The van der Waals surface area contributed by atoms with Crippen LogP contribution in [-0.4, -0.2) is 23.3 Å². The first-order valence-electron chi connectivity index (χ1n) is 6.97. The average molecular weight is 301 g/mol. The highest BCUT2D eigenvalue weighted by Gasteiger charge is 2.19. The predicted octanol–water partition coefficient (Wildman–Crippen LogP) is 3.06. The number of ether oxygens (including phenoxy) is 1. The topological polar surface area (TPSA) is 56.3 Å². The molecule has 2 heterocycles. The quantitative estimate of drug-likeness (QED) is 0.643. The van der Waals surface area contributed by atoms with E-state index in [2.05, 4.69) is 4.98 Å². The number of pyridine rings is 1. The molecular weight excluding hydrogens is 286 g/mol. The van der Waals surface area contributed by atoms with E-state index < -0.39 is 5.97 Å². The molecular formula is C16H15NO3S. The lowest BCUT2D eigenvalue weighted by atomic mass is 9.99. The highest BCUT2D eigenvalue weighted by Crippen LogP contribution is 2.29. The Bertz CT molecular complexity index is 640. The Morgan fingerprint density at radius 1 is 1.24 bits per heavy atom. The molecule has 4 nitrogen and oxygen atoms in total. The third-order valence-corrected chi connectivity index (χ3v) is 4.70. The van der Waals surface area contributed by atoms with Crippen LogP contribution in [0.5, 0.6) is 0 Å². The van der Waals surface area contributed by atoms with Gasteiger partial charge in [0.15, 0.2) is 6.61 Å². The number of aryl methyl sites for hydroxylation is 2. The fourth-order valence-electron chi connectivity index (χ4n) is 2.40. The van der Waals surface area contributed by atoms with Crippen molar-refractivity contribution in [3.8, 4) is 0 Å². The zero-order valence-electron chi connectivity index (χ0n) is 11.5. The van der Waals surface area contributed by atoms with Crippen LogP contribution in [0.4, 0.5) is 0 Å². The molecule has 5 heteroatoms. The molecule has 0 unspecified atom stereocenters. The van der Waals surface area contributed by atoms with Gasteiger partial charge >= 0.3 is 5.97 Å². The highest BCUT2D eigenvalue weighted by atomic mass is 32.1. The van der Waals surface area contributed by atoms with Gasteiger partial charge in [0.1, 0.15) is 10.6 Å². The molecule has 0 bridgehead atoms. The molecule has 21 heavy (non-hydrogen) atoms. The third kappa shape index (κ3) is 3.19. The van der Waals surface area contributed by atoms with E-state index in [1.807, 2.05) is 6.07 Å². The standard InChI is InChI=1S/C16H15NO3S/c18-13(12-6-3-4-8-17-12)10-20-16(19)15-9-11-5-1-2-7-14(11)21-15/h3-4,6,8-9H,1-2,5,7,10H2. The van der Waals surface area contributed by atoms with Gasteiger partial charge in [0, 0.05) is 11.1 Å². The second-order valence-corrected chi connectivity index (χ2v) is 6.12. The lowest BCUT2D eigenvalue weighted by molar-refractivity contribution is 0.0478. The Hall–Kier alpha value is -2.01. The number of carbonyl (C=O) groups excluding carboxylic acids is 2. The smallest absolute Gasteiger partial charge is 0.348 e. The number of hydrogen-bond donors (Lipinski definition) is 0. The maximum absolute atomic E-state index is 12.0. The van der Waals surface area contributed by atoms with Crippen LogP contribution >= 0.6 is 11.3 Å². The van der Waals surface area contributed by atoms with E-state index in [0.717, 1.165) is 12.8 Å². The fraction of sp³-hybridized carbons (Fsp3) is 0.312. The van der Waals surface area contributed by atoms with Crippen LogP contribution in [0.1, 0.15) is 43.4 Å². The molecule has 0 aliphatic heterocycles. The molecule has 0 N–H and O–H groups in total. The first kappa shape index (κ1) is 13.9. The SMILES string of the molecule is O=C(COC(=O)c1cc2c(s1)CCCC2)c1ccccn1. The van der Waals surface area contributed by atoms with Crippen LogP contribution in [-0.2, 0) is 17.6 Å². The Morgan fingerprint density at radius 3 is 2.86 bits per heavy atom. The number of thiophene rings is 1. The summed E-state index contributed by atoms with van der Waals surface area (Å²) in [7, 11) is 0. The summed E-state index contributed by atoms with van der Waals surface area (Å²) in [6, 6.07) is 6.99. The molecule has 0 atom stereocenters. The number of nitrogens with zero attached hydrogens (tertiary/aromatic N) is 1. The summed E-state index contributed by atoms with van der Waals surface area (Å²) in [5, 5.41) is 0. The van der Waals surface area contributed by atoms with E-state index in [-0.39, 0.29) is 12.4 Å². The van der Waals surface area contributed by atoms with Crippen molar-refractivity contribution in [2.24, 2.45) is 0 Å². The Morgan fingerprint density at radius 2 is 2.10 bits per heavy atom. The predicted molar refractivity (Wildman–Crippen MR) is 79.8 cm³/mol. The molecule has 1 aliphatic rings. The third-order valence-electron chi connectivity index (χ3n) is 3.48. The number of ketones is 1. The Labute approximate surface area is 126 Å². The molecule has 108 valence electrons. The second kappa shape index (κ2) is 6.18. The minimum absolute atomic E-state index is 0.265. The van der Waals surface area contributed by atoms with Crippen molar-refractivity contribution >= 4 is 23.1 Å². The summed E-state index contributed by atoms with van der Waals surface area (Å²) in [5.74, 6) is -0.705. The molecule has 2 aromatic rings. The number of Topliss-reactive ketones (excluding diaryl/α,β-unsaturated/α-hetero) is 1. The van der Waals surface area contributed by atoms with Crippen LogP contribution < -0.4 is 0 Å². The van der Waals surface area contributed by atoms with Gasteiger partial charge in [-0.2, -0.15) is 0 Å². The first-order valence-corrected chi connectivity index (χ1v) is 7.78. The van der Waals surface area contributed by atoms with Gasteiger partial charge in [0.2, 0.25) is 5.78 Å². The number of aromatic nitrogens is 1. The van der Waals surface area contributed by atoms with Crippen molar-refractivity contribution in [1.29, 1.82) is 0 Å². The molecule has 0 radical (unpaired) electrons. The number of rotatable bonds is 4. The van der Waals surface area contributed by atoms with Crippen LogP contribution in [0, 0.1) is 0 Å². The zero-order chi connectivity index (χ0) is 14.7. The van der Waals surface area contributed by atoms with Gasteiger partial charge in [-0.3, -0.25) is 9.78 Å². The summed E-state index contributed by atoms with van der Waals surface area (Å²) in [5.41, 5.74) is 1.57. The van der Waals surface area contributed by atoms with Gasteiger partial charge in [-0.25, -0.2) is 4.79 Å². The maximum atomic E-state index is 12.0. The van der Waals surface area contributed by atoms with Gasteiger partial charge in [0.05, 0.1) is 0 Å². The number of hydrogen-bond acceptors (Lipinski definition) is 5. The van der Waals surface area contributed by atoms with Crippen LogP contribution in [0.15, 0.2) is 30.5 Å². The van der Waals surface area contributed by atoms with E-state index >= 15 is 0 Å². The summed E-state index contributed by atoms with van der Waals surface area (Å²) in [6.45, 7) is -0.265. The molecule has 0 saturated carbocycles. The normalized spacial score (nSPS) is 13.5. The second-order valence-electron chi connectivity index (χ2n) is 4.98. The van der Waals surface area contributed by atoms with Crippen LogP contribution in [0.2, 0.25) is 0 Å².